The molecule has 0 aromatic carbocycles. The van der Waals surface area contributed by atoms with Crippen molar-refractivity contribution in [3.05, 3.63) is 22.3 Å². The predicted octanol–water partition coefficient (Wildman–Crippen LogP) is 1.54. The fraction of sp³-hybridized carbons (Fsp3) is 0.545. The minimum Gasteiger partial charge on any atom is -0.394 e. The molecule has 0 amide bonds. The van der Waals surface area contributed by atoms with Gasteiger partial charge in [0.1, 0.15) is 5.82 Å². The molecule has 1 rings (SSSR count). The van der Waals surface area contributed by atoms with E-state index in [0.717, 1.165) is 10.0 Å². The largest absolute Gasteiger partial charge is 0.394 e. The van der Waals surface area contributed by atoms with Gasteiger partial charge in [0.15, 0.2) is 0 Å². The van der Waals surface area contributed by atoms with Crippen LogP contribution in [0.5, 0.6) is 0 Å². The van der Waals surface area contributed by atoms with Crippen molar-refractivity contribution in [1.82, 2.24) is 4.98 Å². The van der Waals surface area contributed by atoms with E-state index in [1.165, 1.54) is 0 Å². The highest BCUT2D eigenvalue weighted by Crippen LogP contribution is 2.25. The highest BCUT2D eigenvalue weighted by atomic mass is 79.9. The van der Waals surface area contributed by atoms with Crippen LogP contribution >= 0.6 is 15.9 Å². The summed E-state index contributed by atoms with van der Waals surface area (Å²) in [6, 6.07) is 1.83. The van der Waals surface area contributed by atoms with E-state index in [9.17, 15) is 10.2 Å². The monoisotopic (exact) mass is 288 g/mol. The van der Waals surface area contributed by atoms with E-state index in [4.69, 9.17) is 0 Å². The number of aliphatic hydroxyl groups is 2. The summed E-state index contributed by atoms with van der Waals surface area (Å²) in [6.45, 7) is 3.77. The van der Waals surface area contributed by atoms with Gasteiger partial charge in [0.05, 0.1) is 18.8 Å². The van der Waals surface area contributed by atoms with Crippen molar-refractivity contribution in [3.8, 4) is 0 Å². The third kappa shape index (κ3) is 2.72. The second kappa shape index (κ2) is 5.12. The smallest absolute Gasteiger partial charge is 0.134 e. The Hall–Kier alpha value is -0.650. The average Bonchev–Trinajstić information content (AvgIpc) is 2.27. The van der Waals surface area contributed by atoms with Crippen molar-refractivity contribution in [3.63, 3.8) is 0 Å². The summed E-state index contributed by atoms with van der Waals surface area (Å²) >= 11 is 3.31. The first-order valence-electron chi connectivity index (χ1n) is 5.02. The first-order chi connectivity index (χ1) is 7.42. The van der Waals surface area contributed by atoms with Crippen LogP contribution in [0.4, 0.5) is 5.82 Å². The molecule has 1 aromatic heterocycles. The highest BCUT2D eigenvalue weighted by molar-refractivity contribution is 9.10. The number of likely N-dealkylation sites (N-methyl/N-ethyl adjacent to an activating group) is 1. The maximum Gasteiger partial charge on any atom is 0.134 e. The third-order valence-corrected chi connectivity index (χ3v) is 3.13. The second-order valence-corrected chi connectivity index (χ2v) is 5.24. The molecule has 2 N–H and O–H groups in total. The Morgan fingerprint density at radius 2 is 2.06 bits per heavy atom. The number of anilines is 1. The summed E-state index contributed by atoms with van der Waals surface area (Å²) in [5.74, 6) is 0.685. The predicted molar refractivity (Wildman–Crippen MR) is 67.4 cm³/mol. The quantitative estimate of drug-likeness (QED) is 0.883. The lowest BCUT2D eigenvalue weighted by Gasteiger charge is -2.35. The van der Waals surface area contributed by atoms with Gasteiger partial charge in [0, 0.05) is 23.3 Å². The molecule has 0 spiro atoms. The molecule has 5 heteroatoms. The van der Waals surface area contributed by atoms with Crippen molar-refractivity contribution in [2.24, 2.45) is 0 Å². The lowest BCUT2D eigenvalue weighted by atomic mass is 10.0. The summed E-state index contributed by atoms with van der Waals surface area (Å²) in [4.78, 5) is 6.14. The molecule has 0 radical (unpaired) electrons. The molecule has 0 aliphatic rings. The molecule has 1 heterocycles. The molecule has 0 atom stereocenters. The van der Waals surface area contributed by atoms with Crippen LogP contribution in [0, 0.1) is 0 Å². The highest BCUT2D eigenvalue weighted by Gasteiger charge is 2.25. The van der Waals surface area contributed by atoms with E-state index in [2.05, 4.69) is 20.9 Å². The maximum atomic E-state index is 9.30. The van der Waals surface area contributed by atoms with Gasteiger partial charge in [-0.1, -0.05) is 0 Å². The zero-order valence-electron chi connectivity index (χ0n) is 9.74. The Bertz CT molecular complexity index is 369. The topological polar surface area (TPSA) is 56.6 Å². The number of rotatable bonds is 4. The Kier molecular flexibility index (Phi) is 4.29. The summed E-state index contributed by atoms with van der Waals surface area (Å²) < 4.78 is 0.829. The van der Waals surface area contributed by atoms with Gasteiger partial charge in [-0.25, -0.2) is 4.98 Å². The number of hydrogen-bond donors (Lipinski definition) is 2. The number of hydrogen-bond acceptors (Lipinski definition) is 4. The lowest BCUT2D eigenvalue weighted by molar-refractivity contribution is 0.214. The normalized spacial score (nSPS) is 11.6. The fourth-order valence-corrected chi connectivity index (χ4v) is 1.66. The van der Waals surface area contributed by atoms with Gasteiger partial charge in [-0.05, 0) is 35.8 Å². The van der Waals surface area contributed by atoms with Gasteiger partial charge in [-0.15, -0.1) is 0 Å². The van der Waals surface area contributed by atoms with E-state index < -0.39 is 5.54 Å². The van der Waals surface area contributed by atoms with Crippen molar-refractivity contribution in [2.75, 3.05) is 18.6 Å². The van der Waals surface area contributed by atoms with E-state index in [1.54, 1.807) is 6.20 Å². The third-order valence-electron chi connectivity index (χ3n) is 2.69. The Balaban J connectivity index is 3.13. The van der Waals surface area contributed by atoms with Gasteiger partial charge < -0.3 is 15.1 Å². The van der Waals surface area contributed by atoms with Crippen LogP contribution in [0.3, 0.4) is 0 Å². The number of aliphatic hydroxyl groups excluding tert-OH is 2. The molecule has 0 bridgehead atoms. The lowest BCUT2D eigenvalue weighted by Crippen LogP contribution is -2.45. The molecule has 1 aromatic rings. The molecule has 16 heavy (non-hydrogen) atoms. The number of aromatic nitrogens is 1. The summed E-state index contributed by atoms with van der Waals surface area (Å²) in [5.41, 5.74) is 0.323. The molecule has 0 saturated heterocycles. The van der Waals surface area contributed by atoms with E-state index in [0.29, 0.717) is 5.82 Å². The molecule has 4 nitrogen and oxygen atoms in total. The van der Waals surface area contributed by atoms with E-state index >= 15 is 0 Å². The van der Waals surface area contributed by atoms with Crippen LogP contribution in [0.2, 0.25) is 0 Å². The number of pyridine rings is 1. The van der Waals surface area contributed by atoms with Gasteiger partial charge in [-0.2, -0.15) is 0 Å². The summed E-state index contributed by atoms with van der Waals surface area (Å²) in [5, 5.41) is 18.6. The van der Waals surface area contributed by atoms with Crippen molar-refractivity contribution in [1.29, 1.82) is 0 Å². The molecule has 90 valence electrons. The zero-order chi connectivity index (χ0) is 12.3. The minimum absolute atomic E-state index is 0.0200. The molecule has 0 unspecified atom stereocenters. The van der Waals surface area contributed by atoms with Gasteiger partial charge >= 0.3 is 0 Å². The van der Waals surface area contributed by atoms with E-state index in [-0.39, 0.29) is 13.2 Å². The SMILES string of the molecule is CN(c1ncc(Br)cc1CO)C(C)(C)CO. The first kappa shape index (κ1) is 13.4. The fourth-order valence-electron chi connectivity index (χ4n) is 1.29. The van der Waals surface area contributed by atoms with Crippen LogP contribution < -0.4 is 4.90 Å². The standard InChI is InChI=1S/C11H17BrN2O2/c1-11(2,7-16)14(3)10-8(6-15)4-9(12)5-13-10/h4-5,15-16H,6-7H2,1-3H3. The van der Waals surface area contributed by atoms with Gasteiger partial charge in [0.25, 0.3) is 0 Å². The first-order valence-corrected chi connectivity index (χ1v) is 5.81. The number of halogens is 1. The molecule has 0 fully saturated rings. The van der Waals surface area contributed by atoms with Gasteiger partial charge in [0.2, 0.25) is 0 Å². The van der Waals surface area contributed by atoms with Gasteiger partial charge in [-0.3, -0.25) is 0 Å². The Morgan fingerprint density at radius 1 is 1.44 bits per heavy atom. The van der Waals surface area contributed by atoms with Crippen LogP contribution in [-0.4, -0.2) is 34.4 Å². The number of nitrogens with zero attached hydrogens (tertiary/aromatic N) is 2. The molecular formula is C11H17BrN2O2. The molecule has 0 saturated carbocycles. The average molecular weight is 289 g/mol. The van der Waals surface area contributed by atoms with Crippen LogP contribution in [0.1, 0.15) is 19.4 Å². The molecule has 0 aliphatic carbocycles. The van der Waals surface area contributed by atoms with Crippen LogP contribution in [0.25, 0.3) is 0 Å². The van der Waals surface area contributed by atoms with Crippen molar-refractivity contribution in [2.45, 2.75) is 26.0 Å². The Morgan fingerprint density at radius 3 is 2.56 bits per heavy atom. The summed E-state index contributed by atoms with van der Waals surface area (Å²) in [7, 11) is 1.85. The van der Waals surface area contributed by atoms with Crippen LogP contribution in [-0.2, 0) is 6.61 Å². The second-order valence-electron chi connectivity index (χ2n) is 4.32. The van der Waals surface area contributed by atoms with Crippen LogP contribution in [0.15, 0.2) is 16.7 Å². The molecular weight excluding hydrogens is 272 g/mol. The maximum absolute atomic E-state index is 9.30. The Labute approximate surface area is 104 Å². The minimum atomic E-state index is -0.412. The molecule has 0 aliphatic heterocycles. The zero-order valence-corrected chi connectivity index (χ0v) is 11.3. The van der Waals surface area contributed by atoms with E-state index in [1.807, 2.05) is 31.9 Å². The summed E-state index contributed by atoms with van der Waals surface area (Å²) in [6.07, 6.45) is 1.68. The van der Waals surface area contributed by atoms with Crippen molar-refractivity contribution >= 4 is 21.7 Å². The van der Waals surface area contributed by atoms with Crippen molar-refractivity contribution < 1.29 is 10.2 Å².